The van der Waals surface area contributed by atoms with Crippen LogP contribution in [0.3, 0.4) is 0 Å². The average Bonchev–Trinajstić information content (AvgIpc) is 2.81. The standard InChI is InChI=1S/C27H23BrN2O4/c1-3-20-9-4-5-10-23(20)30-26(32)21(25(31)29-27(30)33)14-18-11-12-24(22(28)15-18)34-16-19-8-6-7-17(2)13-19/h4-15H,3,16H2,1-2H3,(H,29,31,33)/b21-14-. The van der Waals surface area contributed by atoms with Gasteiger partial charge in [-0.05, 0) is 70.2 Å². The number of aryl methyl sites for hydroxylation is 2. The first-order valence-electron chi connectivity index (χ1n) is 10.8. The van der Waals surface area contributed by atoms with Gasteiger partial charge in [-0.1, -0.05) is 61.0 Å². The van der Waals surface area contributed by atoms with Gasteiger partial charge in [-0.3, -0.25) is 14.9 Å². The van der Waals surface area contributed by atoms with Gasteiger partial charge in [-0.2, -0.15) is 0 Å². The lowest BCUT2D eigenvalue weighted by atomic mass is 10.0. The van der Waals surface area contributed by atoms with Gasteiger partial charge in [0.05, 0.1) is 10.2 Å². The molecule has 4 rings (SSSR count). The highest BCUT2D eigenvalue weighted by molar-refractivity contribution is 9.10. The molecule has 7 heteroatoms. The third-order valence-corrected chi connectivity index (χ3v) is 6.08. The fourth-order valence-electron chi connectivity index (χ4n) is 3.76. The normalized spacial score (nSPS) is 15.0. The van der Waals surface area contributed by atoms with Crippen LogP contribution in [0.4, 0.5) is 10.5 Å². The minimum Gasteiger partial charge on any atom is -0.488 e. The minimum absolute atomic E-state index is 0.120. The van der Waals surface area contributed by atoms with Gasteiger partial charge in [0.15, 0.2) is 0 Å². The van der Waals surface area contributed by atoms with E-state index in [1.807, 2.05) is 44.2 Å². The number of nitrogens with one attached hydrogen (secondary N) is 1. The van der Waals surface area contributed by atoms with Crippen LogP contribution in [0.1, 0.15) is 29.2 Å². The second-order valence-electron chi connectivity index (χ2n) is 7.91. The van der Waals surface area contributed by atoms with E-state index in [4.69, 9.17) is 4.74 Å². The number of hydrogen-bond acceptors (Lipinski definition) is 4. The number of urea groups is 1. The van der Waals surface area contributed by atoms with E-state index in [1.165, 1.54) is 6.08 Å². The summed E-state index contributed by atoms with van der Waals surface area (Å²) in [5, 5.41) is 2.27. The first kappa shape index (κ1) is 23.4. The van der Waals surface area contributed by atoms with Crippen LogP contribution in [0.15, 0.2) is 76.8 Å². The summed E-state index contributed by atoms with van der Waals surface area (Å²) >= 11 is 3.50. The van der Waals surface area contributed by atoms with E-state index < -0.39 is 17.8 Å². The topological polar surface area (TPSA) is 75.7 Å². The van der Waals surface area contributed by atoms with Crippen molar-refractivity contribution in [2.24, 2.45) is 0 Å². The van der Waals surface area contributed by atoms with Crippen molar-refractivity contribution in [2.45, 2.75) is 26.9 Å². The van der Waals surface area contributed by atoms with Gasteiger partial charge >= 0.3 is 6.03 Å². The molecule has 0 saturated carbocycles. The molecule has 3 aromatic carbocycles. The maximum absolute atomic E-state index is 13.2. The van der Waals surface area contributed by atoms with Crippen LogP contribution in [0, 0.1) is 6.92 Å². The Morgan fingerprint density at radius 1 is 1.00 bits per heavy atom. The maximum atomic E-state index is 13.2. The smallest absolute Gasteiger partial charge is 0.335 e. The fraction of sp³-hybridized carbons (Fsp3) is 0.148. The summed E-state index contributed by atoms with van der Waals surface area (Å²) in [6, 6.07) is 19.7. The Morgan fingerprint density at radius 2 is 1.79 bits per heavy atom. The number of carbonyl (C=O) groups is 3. The van der Waals surface area contributed by atoms with Gasteiger partial charge in [0.2, 0.25) is 0 Å². The van der Waals surface area contributed by atoms with Crippen molar-refractivity contribution >= 4 is 45.5 Å². The molecule has 0 aromatic heterocycles. The summed E-state index contributed by atoms with van der Waals surface area (Å²) < 4.78 is 6.60. The number of carbonyl (C=O) groups excluding carboxylic acids is 3. The van der Waals surface area contributed by atoms with E-state index in [2.05, 4.69) is 27.3 Å². The maximum Gasteiger partial charge on any atom is 0.335 e. The first-order chi connectivity index (χ1) is 16.4. The molecule has 1 heterocycles. The Labute approximate surface area is 206 Å². The number of amides is 4. The highest BCUT2D eigenvalue weighted by atomic mass is 79.9. The van der Waals surface area contributed by atoms with E-state index in [9.17, 15) is 14.4 Å². The van der Waals surface area contributed by atoms with Crippen LogP contribution in [-0.2, 0) is 22.6 Å². The average molecular weight is 519 g/mol. The SMILES string of the molecule is CCc1ccccc1N1C(=O)NC(=O)/C(=C/c2ccc(OCc3cccc(C)c3)c(Br)c2)C1=O. The van der Waals surface area contributed by atoms with E-state index in [0.29, 0.717) is 34.5 Å². The lowest BCUT2D eigenvalue weighted by Crippen LogP contribution is -2.54. The molecule has 3 aromatic rings. The molecule has 34 heavy (non-hydrogen) atoms. The van der Waals surface area contributed by atoms with Crippen LogP contribution >= 0.6 is 15.9 Å². The van der Waals surface area contributed by atoms with Gasteiger partial charge < -0.3 is 4.74 Å². The van der Waals surface area contributed by atoms with Gasteiger partial charge in [0, 0.05) is 0 Å². The van der Waals surface area contributed by atoms with Crippen molar-refractivity contribution in [2.75, 3.05) is 4.90 Å². The molecule has 0 unspecified atom stereocenters. The second kappa shape index (κ2) is 10.1. The molecular formula is C27H23BrN2O4. The van der Waals surface area contributed by atoms with Gasteiger partial charge in [0.1, 0.15) is 17.9 Å². The van der Waals surface area contributed by atoms with Gasteiger partial charge in [0.25, 0.3) is 11.8 Å². The Bertz CT molecular complexity index is 1320. The van der Waals surface area contributed by atoms with E-state index >= 15 is 0 Å². The molecule has 0 aliphatic carbocycles. The molecule has 4 amide bonds. The number of halogens is 1. The van der Waals surface area contributed by atoms with Gasteiger partial charge in [-0.15, -0.1) is 0 Å². The number of ether oxygens (including phenoxy) is 1. The van der Waals surface area contributed by atoms with E-state index in [1.54, 1.807) is 30.3 Å². The van der Waals surface area contributed by atoms with Crippen molar-refractivity contribution in [1.29, 1.82) is 0 Å². The molecule has 1 N–H and O–H groups in total. The quantitative estimate of drug-likeness (QED) is 0.342. The van der Waals surface area contributed by atoms with Crippen LogP contribution in [-0.4, -0.2) is 17.8 Å². The highest BCUT2D eigenvalue weighted by Crippen LogP contribution is 2.29. The number of imide groups is 2. The van der Waals surface area contributed by atoms with Gasteiger partial charge in [-0.25, -0.2) is 9.69 Å². The molecule has 1 saturated heterocycles. The molecular weight excluding hydrogens is 496 g/mol. The third-order valence-electron chi connectivity index (χ3n) is 5.46. The highest BCUT2D eigenvalue weighted by Gasteiger charge is 2.37. The molecule has 172 valence electrons. The Hall–Kier alpha value is -3.71. The Kier molecular flexibility index (Phi) is 6.93. The number of hydrogen-bond donors (Lipinski definition) is 1. The molecule has 1 aliphatic heterocycles. The number of rotatable bonds is 6. The molecule has 6 nitrogen and oxygen atoms in total. The minimum atomic E-state index is -0.755. The number of para-hydroxylation sites is 1. The summed E-state index contributed by atoms with van der Waals surface area (Å²) in [6.07, 6.45) is 2.11. The van der Waals surface area contributed by atoms with E-state index in [-0.39, 0.29) is 5.57 Å². The lowest BCUT2D eigenvalue weighted by Gasteiger charge is -2.28. The fourth-order valence-corrected chi connectivity index (χ4v) is 4.27. The monoisotopic (exact) mass is 518 g/mol. The lowest BCUT2D eigenvalue weighted by molar-refractivity contribution is -0.122. The Balaban J connectivity index is 1.58. The van der Waals surface area contributed by atoms with Crippen molar-refractivity contribution in [3.63, 3.8) is 0 Å². The summed E-state index contributed by atoms with van der Waals surface area (Å²) in [7, 11) is 0. The summed E-state index contributed by atoms with van der Waals surface area (Å²) in [5.74, 6) is -0.751. The number of nitrogens with zero attached hydrogens (tertiary/aromatic N) is 1. The molecule has 0 bridgehead atoms. The zero-order valence-electron chi connectivity index (χ0n) is 18.8. The predicted octanol–water partition coefficient (Wildman–Crippen LogP) is 5.57. The second-order valence-corrected chi connectivity index (χ2v) is 8.76. The van der Waals surface area contributed by atoms with Crippen molar-refractivity contribution in [3.05, 3.63) is 99.0 Å². The van der Waals surface area contributed by atoms with Crippen molar-refractivity contribution < 1.29 is 19.1 Å². The summed E-state index contributed by atoms with van der Waals surface area (Å²) in [5.41, 5.74) is 4.01. The molecule has 0 spiro atoms. The number of benzene rings is 3. The summed E-state index contributed by atoms with van der Waals surface area (Å²) in [4.78, 5) is 39.2. The van der Waals surface area contributed by atoms with Crippen molar-refractivity contribution in [3.8, 4) is 5.75 Å². The van der Waals surface area contributed by atoms with Crippen LogP contribution in [0.25, 0.3) is 6.08 Å². The van der Waals surface area contributed by atoms with Crippen molar-refractivity contribution in [1.82, 2.24) is 5.32 Å². The largest absolute Gasteiger partial charge is 0.488 e. The van der Waals surface area contributed by atoms with Crippen LogP contribution < -0.4 is 15.0 Å². The first-order valence-corrected chi connectivity index (χ1v) is 11.6. The molecule has 0 atom stereocenters. The number of barbiturate groups is 1. The Morgan fingerprint density at radius 3 is 2.53 bits per heavy atom. The van der Waals surface area contributed by atoms with Crippen LogP contribution in [0.5, 0.6) is 5.75 Å². The predicted molar refractivity (Wildman–Crippen MR) is 134 cm³/mol. The zero-order valence-corrected chi connectivity index (χ0v) is 20.4. The zero-order chi connectivity index (χ0) is 24.2. The third kappa shape index (κ3) is 4.94. The van der Waals surface area contributed by atoms with E-state index in [0.717, 1.165) is 21.6 Å². The molecule has 0 radical (unpaired) electrons. The van der Waals surface area contributed by atoms with Crippen LogP contribution in [0.2, 0.25) is 0 Å². The summed E-state index contributed by atoms with van der Waals surface area (Å²) in [6.45, 7) is 4.38. The molecule has 1 aliphatic rings. The molecule has 1 fully saturated rings. The number of anilines is 1.